The second-order valence-corrected chi connectivity index (χ2v) is 9.56. The summed E-state index contributed by atoms with van der Waals surface area (Å²) >= 11 is 6.23. The van der Waals surface area contributed by atoms with E-state index in [1.165, 1.54) is 0 Å². The Labute approximate surface area is 207 Å². The molecule has 3 rings (SSSR count). The van der Waals surface area contributed by atoms with Crippen LogP contribution in [0.4, 0.5) is 0 Å². The lowest BCUT2D eigenvalue weighted by molar-refractivity contribution is -0.141. The zero-order chi connectivity index (χ0) is 24.7. The molecule has 0 aliphatic heterocycles. The summed E-state index contributed by atoms with van der Waals surface area (Å²) in [6.07, 6.45) is 0.660. The molecule has 5 heteroatoms. The van der Waals surface area contributed by atoms with E-state index in [9.17, 15) is 9.59 Å². The average Bonchev–Trinajstić information content (AvgIpc) is 2.79. The molecule has 0 saturated carbocycles. The van der Waals surface area contributed by atoms with Crippen LogP contribution in [0.1, 0.15) is 41.7 Å². The van der Waals surface area contributed by atoms with E-state index in [1.54, 1.807) is 11.0 Å². The number of rotatable bonds is 9. The molecule has 0 aromatic heterocycles. The third-order valence-corrected chi connectivity index (χ3v) is 6.03. The van der Waals surface area contributed by atoms with E-state index >= 15 is 0 Å². The molecule has 34 heavy (non-hydrogen) atoms. The summed E-state index contributed by atoms with van der Waals surface area (Å²) in [5.74, 6) is -0.247. The monoisotopic (exact) mass is 476 g/mol. The van der Waals surface area contributed by atoms with Gasteiger partial charge in [-0.3, -0.25) is 9.59 Å². The molecule has 0 aliphatic rings. The van der Waals surface area contributed by atoms with Gasteiger partial charge in [0.15, 0.2) is 0 Å². The van der Waals surface area contributed by atoms with Gasteiger partial charge in [0, 0.05) is 24.0 Å². The number of halogens is 1. The molecule has 0 bridgehead atoms. The van der Waals surface area contributed by atoms with Crippen molar-refractivity contribution in [2.24, 2.45) is 0 Å². The molecule has 0 spiro atoms. The van der Waals surface area contributed by atoms with Crippen LogP contribution in [0.15, 0.2) is 72.8 Å². The first-order valence-electron chi connectivity index (χ1n) is 11.7. The van der Waals surface area contributed by atoms with Crippen molar-refractivity contribution in [2.75, 3.05) is 0 Å². The molecule has 4 nitrogen and oxygen atoms in total. The summed E-state index contributed by atoms with van der Waals surface area (Å²) in [5.41, 5.74) is 5.03. The summed E-state index contributed by atoms with van der Waals surface area (Å²) in [6, 6.07) is 22.7. The van der Waals surface area contributed by atoms with Crippen molar-refractivity contribution in [3.63, 3.8) is 0 Å². The van der Waals surface area contributed by atoms with Gasteiger partial charge in [0.1, 0.15) is 6.04 Å². The molecule has 178 valence electrons. The Hall–Kier alpha value is -3.11. The molecule has 0 aliphatic carbocycles. The SMILES string of the molecule is Cc1ccc(C)c(CC(=O)N(Cc2cccc(Cl)c2)[C@H](Cc2ccccc2)C(=O)NC(C)C)c1. The van der Waals surface area contributed by atoms with E-state index in [2.05, 4.69) is 5.32 Å². The fraction of sp³-hybridized carbons (Fsp3) is 0.310. The fourth-order valence-electron chi connectivity index (χ4n) is 4.02. The quantitative estimate of drug-likeness (QED) is 0.433. The summed E-state index contributed by atoms with van der Waals surface area (Å²) < 4.78 is 0. The number of hydrogen-bond acceptors (Lipinski definition) is 2. The number of amides is 2. The molecule has 2 amide bonds. The van der Waals surface area contributed by atoms with Gasteiger partial charge in [-0.2, -0.15) is 0 Å². The molecule has 0 radical (unpaired) electrons. The average molecular weight is 477 g/mol. The molecule has 3 aromatic rings. The Morgan fingerprint density at radius 3 is 2.29 bits per heavy atom. The molecule has 3 aromatic carbocycles. The van der Waals surface area contributed by atoms with Crippen molar-refractivity contribution in [3.8, 4) is 0 Å². The van der Waals surface area contributed by atoms with E-state index < -0.39 is 6.04 Å². The second-order valence-electron chi connectivity index (χ2n) is 9.13. The zero-order valence-corrected chi connectivity index (χ0v) is 21.1. The maximum absolute atomic E-state index is 13.8. The smallest absolute Gasteiger partial charge is 0.243 e. The van der Waals surface area contributed by atoms with Crippen molar-refractivity contribution < 1.29 is 9.59 Å². The predicted octanol–water partition coefficient (Wildman–Crippen LogP) is 5.66. The van der Waals surface area contributed by atoms with Crippen molar-refractivity contribution in [1.82, 2.24) is 10.2 Å². The van der Waals surface area contributed by atoms with Crippen molar-refractivity contribution in [2.45, 2.75) is 59.2 Å². The Balaban J connectivity index is 2.00. The van der Waals surface area contributed by atoms with Gasteiger partial charge in [0.2, 0.25) is 11.8 Å². The maximum Gasteiger partial charge on any atom is 0.243 e. The lowest BCUT2D eigenvalue weighted by Gasteiger charge is -2.32. The third kappa shape index (κ3) is 7.19. The van der Waals surface area contributed by atoms with Crippen LogP contribution in [0.25, 0.3) is 0 Å². The molecule has 0 unspecified atom stereocenters. The lowest BCUT2D eigenvalue weighted by atomic mass is 9.99. The molecular weight excluding hydrogens is 444 g/mol. The highest BCUT2D eigenvalue weighted by Crippen LogP contribution is 2.20. The van der Waals surface area contributed by atoms with E-state index in [0.717, 1.165) is 27.8 Å². The van der Waals surface area contributed by atoms with Gasteiger partial charge in [-0.25, -0.2) is 0 Å². The van der Waals surface area contributed by atoms with Gasteiger partial charge in [-0.15, -0.1) is 0 Å². The van der Waals surface area contributed by atoms with Crippen molar-refractivity contribution in [1.29, 1.82) is 0 Å². The number of carbonyl (C=O) groups is 2. The minimum atomic E-state index is -0.651. The fourth-order valence-corrected chi connectivity index (χ4v) is 4.23. The van der Waals surface area contributed by atoms with Crippen LogP contribution in [0.3, 0.4) is 0 Å². The Morgan fingerprint density at radius 2 is 1.62 bits per heavy atom. The van der Waals surface area contributed by atoms with Crippen molar-refractivity contribution >= 4 is 23.4 Å². The number of carbonyl (C=O) groups excluding carboxylic acids is 2. The lowest BCUT2D eigenvalue weighted by Crippen LogP contribution is -2.52. The van der Waals surface area contributed by atoms with Gasteiger partial charge in [0.25, 0.3) is 0 Å². The van der Waals surface area contributed by atoms with Gasteiger partial charge in [-0.1, -0.05) is 77.8 Å². The van der Waals surface area contributed by atoms with E-state index in [1.807, 2.05) is 94.4 Å². The number of nitrogens with one attached hydrogen (secondary N) is 1. The summed E-state index contributed by atoms with van der Waals surface area (Å²) in [5, 5.41) is 3.62. The Morgan fingerprint density at radius 1 is 0.912 bits per heavy atom. The molecule has 0 fully saturated rings. The first-order valence-corrected chi connectivity index (χ1v) is 12.0. The van der Waals surface area contributed by atoms with Crippen LogP contribution in [0.2, 0.25) is 5.02 Å². The Bertz CT molecular complexity index is 1130. The molecule has 1 N–H and O–H groups in total. The normalized spacial score (nSPS) is 11.8. The highest BCUT2D eigenvalue weighted by Gasteiger charge is 2.31. The van der Waals surface area contributed by atoms with Crippen LogP contribution >= 0.6 is 11.6 Å². The number of benzene rings is 3. The van der Waals surface area contributed by atoms with Crippen LogP contribution in [0, 0.1) is 13.8 Å². The van der Waals surface area contributed by atoms with Crippen LogP contribution in [-0.4, -0.2) is 28.8 Å². The van der Waals surface area contributed by atoms with Gasteiger partial charge >= 0.3 is 0 Å². The number of aryl methyl sites for hydroxylation is 2. The first-order chi connectivity index (χ1) is 16.2. The Kier molecular flexibility index (Phi) is 8.89. The van der Waals surface area contributed by atoms with Crippen LogP contribution in [-0.2, 0) is 29.0 Å². The predicted molar refractivity (Wildman–Crippen MR) is 139 cm³/mol. The van der Waals surface area contributed by atoms with Crippen LogP contribution < -0.4 is 5.32 Å². The summed E-state index contributed by atoms with van der Waals surface area (Å²) in [6.45, 7) is 8.18. The number of nitrogens with zero attached hydrogens (tertiary/aromatic N) is 1. The minimum absolute atomic E-state index is 0.0343. The standard InChI is InChI=1S/C29H33ClN2O2/c1-20(2)31-29(34)27(17-23-9-6-5-7-10-23)32(19-24-11-8-12-26(30)16-24)28(33)18-25-15-21(3)13-14-22(25)4/h5-16,20,27H,17-19H2,1-4H3,(H,31,34)/t27-/m1/s1. The maximum atomic E-state index is 13.8. The zero-order valence-electron chi connectivity index (χ0n) is 20.3. The first kappa shape index (κ1) is 25.5. The highest BCUT2D eigenvalue weighted by molar-refractivity contribution is 6.30. The molecule has 0 saturated heterocycles. The second kappa shape index (κ2) is 11.8. The van der Waals surface area contributed by atoms with Crippen LogP contribution in [0.5, 0.6) is 0 Å². The third-order valence-electron chi connectivity index (χ3n) is 5.79. The molecule has 0 heterocycles. The topological polar surface area (TPSA) is 49.4 Å². The van der Waals surface area contributed by atoms with Gasteiger partial charge < -0.3 is 10.2 Å². The van der Waals surface area contributed by atoms with Gasteiger partial charge in [0.05, 0.1) is 6.42 Å². The molecule has 1 atom stereocenters. The van der Waals surface area contributed by atoms with Crippen molar-refractivity contribution in [3.05, 3.63) is 106 Å². The van der Waals surface area contributed by atoms with Gasteiger partial charge in [-0.05, 0) is 62.1 Å². The summed E-state index contributed by atoms with van der Waals surface area (Å²) in [7, 11) is 0. The van der Waals surface area contributed by atoms with E-state index in [-0.39, 0.29) is 24.3 Å². The largest absolute Gasteiger partial charge is 0.352 e. The summed E-state index contributed by atoms with van der Waals surface area (Å²) in [4.78, 5) is 28.9. The van der Waals surface area contributed by atoms with E-state index in [4.69, 9.17) is 11.6 Å². The van der Waals surface area contributed by atoms with E-state index in [0.29, 0.717) is 18.0 Å². The minimum Gasteiger partial charge on any atom is -0.352 e. The highest BCUT2D eigenvalue weighted by atomic mass is 35.5. The molecular formula is C29H33ClN2O2. The number of hydrogen-bond donors (Lipinski definition) is 1.